The van der Waals surface area contributed by atoms with Crippen molar-refractivity contribution in [2.45, 2.75) is 55.3 Å². The molecule has 1 aliphatic carbocycles. The lowest BCUT2D eigenvalue weighted by Crippen LogP contribution is -2.43. The summed E-state index contributed by atoms with van der Waals surface area (Å²) in [5.41, 5.74) is 0. The second kappa shape index (κ2) is 7.85. The molecule has 2 fully saturated rings. The number of carbonyl (C=O) groups is 1. The number of hydrogen-bond acceptors (Lipinski definition) is 5. The van der Waals surface area contributed by atoms with Crippen LogP contribution >= 0.6 is 27.3 Å². The summed E-state index contributed by atoms with van der Waals surface area (Å²) in [6, 6.07) is 3.34. The van der Waals surface area contributed by atoms with Crippen LogP contribution in [0, 0.1) is 5.92 Å². The van der Waals surface area contributed by atoms with Crippen molar-refractivity contribution in [1.82, 2.24) is 4.31 Å². The minimum atomic E-state index is -3.53. The molecule has 2 aliphatic rings. The number of hydrogen-bond donors (Lipinski definition) is 0. The van der Waals surface area contributed by atoms with Gasteiger partial charge in [0.15, 0.2) is 0 Å². The molecule has 1 atom stereocenters. The Morgan fingerprint density at radius 1 is 1.17 bits per heavy atom. The summed E-state index contributed by atoms with van der Waals surface area (Å²) < 4.78 is 33.6. The lowest BCUT2D eigenvalue weighted by atomic mass is 9.96. The summed E-state index contributed by atoms with van der Waals surface area (Å²) in [5, 5.41) is 0. The third-order valence-electron chi connectivity index (χ3n) is 4.70. The van der Waals surface area contributed by atoms with Crippen molar-refractivity contribution in [3.05, 3.63) is 15.9 Å². The minimum absolute atomic E-state index is 0.0199. The van der Waals surface area contributed by atoms with Crippen LogP contribution in [0.3, 0.4) is 0 Å². The molecule has 1 unspecified atom stereocenters. The number of rotatable bonds is 4. The van der Waals surface area contributed by atoms with Gasteiger partial charge in [-0.15, -0.1) is 11.3 Å². The number of halogens is 1. The topological polar surface area (TPSA) is 63.7 Å². The van der Waals surface area contributed by atoms with Crippen LogP contribution in [0.2, 0.25) is 0 Å². The molecule has 0 spiro atoms. The summed E-state index contributed by atoms with van der Waals surface area (Å²) in [6.07, 6.45) is 6.70. The molecule has 1 aromatic heterocycles. The maximum Gasteiger partial charge on any atom is 0.310 e. The summed E-state index contributed by atoms with van der Waals surface area (Å²) in [6.45, 7) is 0.689. The number of thiophene rings is 1. The van der Waals surface area contributed by atoms with Crippen molar-refractivity contribution in [2.75, 3.05) is 13.1 Å². The predicted octanol–water partition coefficient (Wildman–Crippen LogP) is 3.79. The van der Waals surface area contributed by atoms with E-state index >= 15 is 0 Å². The zero-order chi connectivity index (χ0) is 17.2. The first-order valence-corrected chi connectivity index (χ1v) is 11.5. The fourth-order valence-corrected chi connectivity index (χ4v) is 7.05. The van der Waals surface area contributed by atoms with Crippen LogP contribution in [0.15, 0.2) is 20.1 Å². The van der Waals surface area contributed by atoms with Crippen molar-refractivity contribution >= 4 is 43.3 Å². The first-order valence-electron chi connectivity index (χ1n) is 8.43. The second-order valence-corrected chi connectivity index (χ2v) is 11.1. The molecule has 134 valence electrons. The Morgan fingerprint density at radius 2 is 1.92 bits per heavy atom. The summed E-state index contributed by atoms with van der Waals surface area (Å²) >= 11 is 4.50. The van der Waals surface area contributed by atoms with E-state index in [1.165, 1.54) is 22.1 Å². The van der Waals surface area contributed by atoms with Gasteiger partial charge < -0.3 is 4.74 Å². The molecule has 1 aromatic rings. The van der Waals surface area contributed by atoms with Crippen LogP contribution in [0.5, 0.6) is 0 Å². The average Bonchev–Trinajstić information content (AvgIpc) is 3.03. The molecule has 0 aromatic carbocycles. The third-order valence-corrected chi connectivity index (χ3v) is 8.65. The zero-order valence-electron chi connectivity index (χ0n) is 13.4. The molecular formula is C16H22BrNO4S2. The largest absolute Gasteiger partial charge is 0.462 e. The quantitative estimate of drug-likeness (QED) is 0.674. The molecule has 8 heteroatoms. The van der Waals surface area contributed by atoms with E-state index in [4.69, 9.17) is 4.74 Å². The fraction of sp³-hybridized carbons (Fsp3) is 0.688. The maximum atomic E-state index is 12.7. The SMILES string of the molecule is O=C(OC1CCCCC1)C1CCCN(S(=O)(=O)c2ccc(Br)s2)C1. The Balaban J connectivity index is 1.64. The highest BCUT2D eigenvalue weighted by molar-refractivity contribution is 9.11. The molecule has 5 nitrogen and oxygen atoms in total. The van der Waals surface area contributed by atoms with E-state index in [-0.39, 0.29) is 24.5 Å². The fourth-order valence-electron chi connectivity index (χ4n) is 3.36. The van der Waals surface area contributed by atoms with Crippen LogP contribution < -0.4 is 0 Å². The average molecular weight is 436 g/mol. The Kier molecular flexibility index (Phi) is 6.00. The zero-order valence-corrected chi connectivity index (χ0v) is 16.7. The van der Waals surface area contributed by atoms with Crippen LogP contribution in [0.4, 0.5) is 0 Å². The van der Waals surface area contributed by atoms with Crippen molar-refractivity contribution in [3.8, 4) is 0 Å². The maximum absolute atomic E-state index is 12.7. The minimum Gasteiger partial charge on any atom is -0.462 e. The first kappa shape index (κ1) is 18.4. The van der Waals surface area contributed by atoms with E-state index in [2.05, 4.69) is 15.9 Å². The lowest BCUT2D eigenvalue weighted by Gasteiger charge is -2.31. The van der Waals surface area contributed by atoms with Gasteiger partial charge in [0.05, 0.1) is 9.70 Å². The van der Waals surface area contributed by atoms with E-state index in [1.807, 2.05) is 0 Å². The highest BCUT2D eigenvalue weighted by Gasteiger charge is 2.35. The van der Waals surface area contributed by atoms with Crippen molar-refractivity contribution < 1.29 is 17.9 Å². The number of piperidine rings is 1. The first-order chi connectivity index (χ1) is 11.5. The van der Waals surface area contributed by atoms with Gasteiger partial charge in [0.1, 0.15) is 10.3 Å². The number of nitrogens with zero attached hydrogens (tertiary/aromatic N) is 1. The van der Waals surface area contributed by atoms with Gasteiger partial charge in [-0.05, 0) is 66.6 Å². The molecule has 0 amide bonds. The van der Waals surface area contributed by atoms with Gasteiger partial charge in [-0.1, -0.05) is 6.42 Å². The molecule has 3 rings (SSSR count). The number of carbonyl (C=O) groups excluding carboxylic acids is 1. The molecule has 2 heterocycles. The Morgan fingerprint density at radius 3 is 2.58 bits per heavy atom. The summed E-state index contributed by atoms with van der Waals surface area (Å²) in [7, 11) is -3.53. The van der Waals surface area contributed by atoms with Crippen LogP contribution in [-0.2, 0) is 19.6 Å². The number of ether oxygens (including phenoxy) is 1. The van der Waals surface area contributed by atoms with Gasteiger partial charge in [0.25, 0.3) is 10.0 Å². The normalized spacial score (nSPS) is 24.0. The molecule has 1 saturated carbocycles. The second-order valence-electron chi connectivity index (χ2n) is 6.46. The third kappa shape index (κ3) is 4.20. The van der Waals surface area contributed by atoms with Gasteiger partial charge in [-0.25, -0.2) is 8.42 Å². The molecule has 0 N–H and O–H groups in total. The monoisotopic (exact) mass is 435 g/mol. The van der Waals surface area contributed by atoms with E-state index in [0.717, 1.165) is 29.5 Å². The molecule has 0 radical (unpaired) electrons. The van der Waals surface area contributed by atoms with Crippen molar-refractivity contribution in [3.63, 3.8) is 0 Å². The van der Waals surface area contributed by atoms with E-state index in [1.54, 1.807) is 12.1 Å². The highest BCUT2D eigenvalue weighted by atomic mass is 79.9. The van der Waals surface area contributed by atoms with Gasteiger partial charge in [0, 0.05) is 13.1 Å². The van der Waals surface area contributed by atoms with Gasteiger partial charge >= 0.3 is 5.97 Å². The Labute approximate surface area is 155 Å². The van der Waals surface area contributed by atoms with Gasteiger partial charge in [-0.2, -0.15) is 4.31 Å². The van der Waals surface area contributed by atoms with Crippen molar-refractivity contribution in [1.29, 1.82) is 0 Å². The van der Waals surface area contributed by atoms with Gasteiger partial charge in [0.2, 0.25) is 0 Å². The number of sulfonamides is 1. The highest BCUT2D eigenvalue weighted by Crippen LogP contribution is 2.31. The van der Waals surface area contributed by atoms with Crippen LogP contribution in [0.25, 0.3) is 0 Å². The predicted molar refractivity (Wildman–Crippen MR) is 96.5 cm³/mol. The summed E-state index contributed by atoms with van der Waals surface area (Å²) in [5.74, 6) is -0.576. The molecular weight excluding hydrogens is 414 g/mol. The Bertz CT molecular complexity index is 682. The van der Waals surface area contributed by atoms with Crippen LogP contribution in [0.1, 0.15) is 44.9 Å². The van der Waals surface area contributed by atoms with E-state index in [0.29, 0.717) is 23.6 Å². The standard InChI is InChI=1S/C16H22BrNO4S2/c17-14-8-9-15(23-14)24(20,21)18-10-4-5-12(11-18)16(19)22-13-6-2-1-3-7-13/h8-9,12-13H,1-7,10-11H2. The molecule has 24 heavy (non-hydrogen) atoms. The Hall–Kier alpha value is -0.440. The van der Waals surface area contributed by atoms with Crippen LogP contribution in [-0.4, -0.2) is 37.9 Å². The molecule has 1 saturated heterocycles. The van der Waals surface area contributed by atoms with Crippen molar-refractivity contribution in [2.24, 2.45) is 5.92 Å². The van der Waals surface area contributed by atoms with Gasteiger partial charge in [-0.3, -0.25) is 4.79 Å². The summed E-state index contributed by atoms with van der Waals surface area (Å²) in [4.78, 5) is 12.4. The number of esters is 1. The lowest BCUT2D eigenvalue weighted by molar-refractivity contribution is -0.156. The smallest absolute Gasteiger partial charge is 0.310 e. The van der Waals surface area contributed by atoms with E-state index in [9.17, 15) is 13.2 Å². The molecule has 0 bridgehead atoms. The van der Waals surface area contributed by atoms with E-state index < -0.39 is 10.0 Å². The molecule has 1 aliphatic heterocycles.